The molecule has 160 valence electrons. The zero-order valence-electron chi connectivity index (χ0n) is 17.0. The summed E-state index contributed by atoms with van der Waals surface area (Å²) in [6.07, 6.45) is 1.80. The van der Waals surface area contributed by atoms with Crippen LogP contribution in [-0.2, 0) is 6.54 Å². The SMILES string of the molecule is Cc1noc(-c2cccn3c(CNC(=O)c4c(-c5ccccc5Cl)noc4C)nnc23)n1. The fourth-order valence-corrected chi connectivity index (χ4v) is 3.61. The van der Waals surface area contributed by atoms with Crippen LogP contribution in [0.4, 0.5) is 0 Å². The first-order chi connectivity index (χ1) is 15.5. The molecule has 0 saturated heterocycles. The zero-order valence-corrected chi connectivity index (χ0v) is 17.8. The van der Waals surface area contributed by atoms with Crippen molar-refractivity contribution < 1.29 is 13.8 Å². The molecule has 1 amide bonds. The normalized spacial score (nSPS) is 11.2. The highest BCUT2D eigenvalue weighted by Gasteiger charge is 2.23. The van der Waals surface area contributed by atoms with Crippen molar-refractivity contribution >= 4 is 23.2 Å². The molecule has 0 radical (unpaired) electrons. The first kappa shape index (κ1) is 19.9. The van der Waals surface area contributed by atoms with Gasteiger partial charge in [-0.1, -0.05) is 40.1 Å². The largest absolute Gasteiger partial charge is 0.360 e. The van der Waals surface area contributed by atoms with Crippen molar-refractivity contribution in [1.82, 2.24) is 35.2 Å². The predicted molar refractivity (Wildman–Crippen MR) is 114 cm³/mol. The maximum atomic E-state index is 13.0. The number of nitrogens with zero attached hydrogens (tertiary/aromatic N) is 6. The molecule has 0 spiro atoms. The van der Waals surface area contributed by atoms with E-state index in [0.29, 0.717) is 56.4 Å². The average molecular weight is 450 g/mol. The molecular weight excluding hydrogens is 434 g/mol. The molecule has 0 saturated carbocycles. The molecular formula is C21H16ClN7O3. The lowest BCUT2D eigenvalue weighted by molar-refractivity contribution is 0.0949. The lowest BCUT2D eigenvalue weighted by Gasteiger charge is -2.06. The Morgan fingerprint density at radius 2 is 1.88 bits per heavy atom. The summed E-state index contributed by atoms with van der Waals surface area (Å²) in [6.45, 7) is 3.54. The molecule has 0 unspecified atom stereocenters. The van der Waals surface area contributed by atoms with Gasteiger partial charge in [0.1, 0.15) is 17.0 Å². The Labute approximate surface area is 186 Å². The second-order valence-corrected chi connectivity index (χ2v) is 7.41. The summed E-state index contributed by atoms with van der Waals surface area (Å²) >= 11 is 6.28. The Hall–Kier alpha value is -4.05. The smallest absolute Gasteiger partial charge is 0.261 e. The summed E-state index contributed by atoms with van der Waals surface area (Å²) in [6, 6.07) is 10.8. The molecule has 0 aliphatic rings. The van der Waals surface area contributed by atoms with Crippen LogP contribution in [0.15, 0.2) is 51.6 Å². The Kier molecular flexibility index (Phi) is 4.91. The number of halogens is 1. The Morgan fingerprint density at radius 3 is 2.66 bits per heavy atom. The minimum atomic E-state index is -0.362. The van der Waals surface area contributed by atoms with E-state index < -0.39 is 0 Å². The fourth-order valence-electron chi connectivity index (χ4n) is 3.38. The topological polar surface area (TPSA) is 124 Å². The van der Waals surface area contributed by atoms with E-state index in [9.17, 15) is 4.79 Å². The average Bonchev–Trinajstić information content (AvgIpc) is 3.50. The molecule has 1 aromatic carbocycles. The summed E-state index contributed by atoms with van der Waals surface area (Å²) in [4.78, 5) is 17.3. The van der Waals surface area contributed by atoms with Gasteiger partial charge in [0.2, 0.25) is 0 Å². The molecule has 0 aliphatic carbocycles. The van der Waals surface area contributed by atoms with Crippen LogP contribution in [0.5, 0.6) is 0 Å². The Bertz CT molecular complexity index is 1450. The van der Waals surface area contributed by atoms with Gasteiger partial charge in [-0.25, -0.2) is 0 Å². The summed E-state index contributed by atoms with van der Waals surface area (Å²) in [5.74, 6) is 1.42. The standard InChI is InChI=1S/C21H16ClN7O3/c1-11-17(18(28-31-11)13-6-3-4-8-15(13)22)20(30)23-10-16-25-26-19-14(7-5-9-29(16)19)21-24-12(2)27-32-21/h3-9H,10H2,1-2H3,(H,23,30). The van der Waals surface area contributed by atoms with Crippen LogP contribution in [-0.4, -0.2) is 35.8 Å². The zero-order chi connectivity index (χ0) is 22.2. The number of carbonyl (C=O) groups excluding carboxylic acids is 1. The minimum Gasteiger partial charge on any atom is -0.360 e. The molecule has 5 rings (SSSR count). The van der Waals surface area contributed by atoms with Gasteiger partial charge in [-0.15, -0.1) is 10.2 Å². The molecule has 10 nitrogen and oxygen atoms in total. The Balaban J connectivity index is 1.42. The molecule has 32 heavy (non-hydrogen) atoms. The lowest BCUT2D eigenvalue weighted by atomic mass is 10.1. The maximum absolute atomic E-state index is 13.0. The number of nitrogens with one attached hydrogen (secondary N) is 1. The van der Waals surface area contributed by atoms with Gasteiger partial charge in [-0.3, -0.25) is 9.20 Å². The molecule has 0 aliphatic heterocycles. The van der Waals surface area contributed by atoms with Crippen LogP contribution in [0.1, 0.15) is 27.8 Å². The van der Waals surface area contributed by atoms with Crippen molar-refractivity contribution in [2.24, 2.45) is 0 Å². The highest BCUT2D eigenvalue weighted by molar-refractivity contribution is 6.33. The van der Waals surface area contributed by atoms with Gasteiger partial charge in [-0.05, 0) is 32.0 Å². The molecule has 4 aromatic heterocycles. The molecule has 4 heterocycles. The van der Waals surface area contributed by atoms with Crippen LogP contribution in [0, 0.1) is 13.8 Å². The number of aryl methyl sites for hydroxylation is 2. The molecule has 1 N–H and O–H groups in total. The van der Waals surface area contributed by atoms with Crippen molar-refractivity contribution in [1.29, 1.82) is 0 Å². The quantitative estimate of drug-likeness (QED) is 0.431. The van der Waals surface area contributed by atoms with E-state index in [0.717, 1.165) is 0 Å². The maximum Gasteiger partial charge on any atom is 0.261 e. The summed E-state index contributed by atoms with van der Waals surface area (Å²) in [5.41, 5.74) is 2.50. The van der Waals surface area contributed by atoms with Gasteiger partial charge in [0.05, 0.1) is 17.1 Å². The van der Waals surface area contributed by atoms with Crippen molar-refractivity contribution in [3.8, 4) is 22.7 Å². The van der Waals surface area contributed by atoms with Crippen LogP contribution >= 0.6 is 11.6 Å². The van der Waals surface area contributed by atoms with Gasteiger partial charge in [0.15, 0.2) is 17.3 Å². The van der Waals surface area contributed by atoms with Crippen molar-refractivity contribution in [3.63, 3.8) is 0 Å². The van der Waals surface area contributed by atoms with Crippen molar-refractivity contribution in [2.75, 3.05) is 0 Å². The van der Waals surface area contributed by atoms with Gasteiger partial charge in [-0.2, -0.15) is 4.98 Å². The third-order valence-electron chi connectivity index (χ3n) is 4.89. The minimum absolute atomic E-state index is 0.124. The number of pyridine rings is 1. The first-order valence-corrected chi connectivity index (χ1v) is 10.0. The second-order valence-electron chi connectivity index (χ2n) is 7.00. The van der Waals surface area contributed by atoms with Gasteiger partial charge >= 0.3 is 0 Å². The molecule has 11 heteroatoms. The number of hydrogen-bond donors (Lipinski definition) is 1. The van der Waals surface area contributed by atoms with E-state index in [-0.39, 0.29) is 12.5 Å². The lowest BCUT2D eigenvalue weighted by Crippen LogP contribution is -2.24. The monoisotopic (exact) mass is 449 g/mol. The summed E-state index contributed by atoms with van der Waals surface area (Å²) in [7, 11) is 0. The number of benzene rings is 1. The van der Waals surface area contributed by atoms with Gasteiger partial charge < -0.3 is 14.4 Å². The number of aromatic nitrogens is 6. The van der Waals surface area contributed by atoms with Crippen molar-refractivity contribution in [2.45, 2.75) is 20.4 Å². The molecule has 5 aromatic rings. The van der Waals surface area contributed by atoms with E-state index in [4.69, 9.17) is 20.6 Å². The molecule has 0 bridgehead atoms. The first-order valence-electron chi connectivity index (χ1n) is 9.65. The summed E-state index contributed by atoms with van der Waals surface area (Å²) in [5, 5.41) is 19.6. The number of carbonyl (C=O) groups is 1. The van der Waals surface area contributed by atoms with E-state index in [1.165, 1.54) is 0 Å². The van der Waals surface area contributed by atoms with Gasteiger partial charge in [0.25, 0.3) is 11.8 Å². The van der Waals surface area contributed by atoms with Crippen LogP contribution < -0.4 is 5.32 Å². The number of amides is 1. The third-order valence-corrected chi connectivity index (χ3v) is 5.22. The van der Waals surface area contributed by atoms with Gasteiger partial charge in [0, 0.05) is 11.8 Å². The highest BCUT2D eigenvalue weighted by Crippen LogP contribution is 2.31. The number of fused-ring (bicyclic) bond motifs is 1. The molecule has 0 atom stereocenters. The van der Waals surface area contributed by atoms with Crippen LogP contribution in [0.3, 0.4) is 0 Å². The predicted octanol–water partition coefficient (Wildman–Crippen LogP) is 3.63. The van der Waals surface area contributed by atoms with Crippen LogP contribution in [0.25, 0.3) is 28.4 Å². The third kappa shape index (κ3) is 3.40. The second kappa shape index (κ2) is 7.89. The van der Waals surface area contributed by atoms with Crippen molar-refractivity contribution in [3.05, 3.63) is 70.6 Å². The highest BCUT2D eigenvalue weighted by atomic mass is 35.5. The number of rotatable bonds is 5. The van der Waals surface area contributed by atoms with E-state index in [2.05, 4.69) is 30.8 Å². The van der Waals surface area contributed by atoms with E-state index in [1.54, 1.807) is 42.6 Å². The number of hydrogen-bond acceptors (Lipinski definition) is 8. The van der Waals surface area contributed by atoms with E-state index in [1.807, 2.05) is 18.2 Å². The van der Waals surface area contributed by atoms with Crippen LogP contribution in [0.2, 0.25) is 5.02 Å². The summed E-state index contributed by atoms with van der Waals surface area (Å²) < 4.78 is 12.3. The molecule has 0 fully saturated rings. The fraction of sp³-hybridized carbons (Fsp3) is 0.143. The van der Waals surface area contributed by atoms with E-state index >= 15 is 0 Å². The Morgan fingerprint density at radius 1 is 1.06 bits per heavy atom.